The first-order valence-electron chi connectivity index (χ1n) is 7.39. The predicted octanol–water partition coefficient (Wildman–Crippen LogP) is 3.20. The molecule has 0 saturated heterocycles. The molecule has 0 aliphatic carbocycles. The number of nitrogens with two attached hydrogens (primary N) is 1. The summed E-state index contributed by atoms with van der Waals surface area (Å²) in [6, 6.07) is 2.27. The molecular weight excluding hydrogens is 236 g/mol. The molecule has 0 fully saturated rings. The van der Waals surface area contributed by atoms with E-state index in [-0.39, 0.29) is 6.04 Å². The van der Waals surface area contributed by atoms with Crippen LogP contribution < -0.4 is 11.3 Å². The third-order valence-electron chi connectivity index (χ3n) is 3.83. The molecule has 0 aliphatic rings. The van der Waals surface area contributed by atoms with Crippen LogP contribution in [0.2, 0.25) is 0 Å². The van der Waals surface area contributed by atoms with E-state index in [1.807, 2.05) is 13.8 Å². The van der Waals surface area contributed by atoms with E-state index in [4.69, 9.17) is 5.84 Å². The van der Waals surface area contributed by atoms with E-state index in [0.29, 0.717) is 5.92 Å². The van der Waals surface area contributed by atoms with E-state index in [2.05, 4.69) is 35.5 Å². The number of nitrogens with one attached hydrogen (secondary N) is 1. The van der Waals surface area contributed by atoms with Gasteiger partial charge >= 0.3 is 0 Å². The molecule has 3 N–H and O–H groups in total. The van der Waals surface area contributed by atoms with Gasteiger partial charge in [0, 0.05) is 6.04 Å². The molecule has 4 heteroatoms. The SMILES string of the molecule is CCCCC(CC)CC(NN)c1cc(C)nnc1C. The molecule has 1 rings (SSSR count). The molecule has 0 bridgehead atoms. The van der Waals surface area contributed by atoms with Crippen molar-refractivity contribution in [2.75, 3.05) is 0 Å². The van der Waals surface area contributed by atoms with Gasteiger partial charge in [-0.05, 0) is 37.8 Å². The van der Waals surface area contributed by atoms with Gasteiger partial charge in [-0.25, -0.2) is 0 Å². The molecule has 19 heavy (non-hydrogen) atoms. The van der Waals surface area contributed by atoms with Crippen molar-refractivity contribution in [2.45, 2.75) is 65.8 Å². The number of rotatable bonds is 8. The molecule has 0 amide bonds. The first-order chi connectivity index (χ1) is 9.12. The van der Waals surface area contributed by atoms with Crippen LogP contribution in [0.15, 0.2) is 6.07 Å². The Morgan fingerprint density at radius 3 is 2.58 bits per heavy atom. The topological polar surface area (TPSA) is 63.8 Å². The van der Waals surface area contributed by atoms with Crippen LogP contribution in [0.3, 0.4) is 0 Å². The van der Waals surface area contributed by atoms with Crippen molar-refractivity contribution in [3.63, 3.8) is 0 Å². The average Bonchev–Trinajstić information content (AvgIpc) is 2.42. The summed E-state index contributed by atoms with van der Waals surface area (Å²) in [6.45, 7) is 8.47. The lowest BCUT2D eigenvalue weighted by Crippen LogP contribution is -2.30. The number of hydrogen-bond donors (Lipinski definition) is 2. The van der Waals surface area contributed by atoms with Crippen LogP contribution in [-0.2, 0) is 0 Å². The number of aromatic nitrogens is 2. The summed E-state index contributed by atoms with van der Waals surface area (Å²) >= 11 is 0. The van der Waals surface area contributed by atoms with E-state index in [1.165, 1.54) is 31.2 Å². The van der Waals surface area contributed by atoms with Crippen molar-refractivity contribution in [3.05, 3.63) is 23.0 Å². The van der Waals surface area contributed by atoms with Gasteiger partial charge in [-0.1, -0.05) is 39.5 Å². The molecular formula is C15H28N4. The Labute approximate surface area is 117 Å². The quantitative estimate of drug-likeness (QED) is 0.559. The van der Waals surface area contributed by atoms with Gasteiger partial charge in [-0.2, -0.15) is 10.2 Å². The van der Waals surface area contributed by atoms with Crippen LogP contribution in [0, 0.1) is 19.8 Å². The lowest BCUT2D eigenvalue weighted by Gasteiger charge is -2.23. The maximum atomic E-state index is 5.76. The summed E-state index contributed by atoms with van der Waals surface area (Å²) in [5.41, 5.74) is 6.06. The highest BCUT2D eigenvalue weighted by Gasteiger charge is 2.18. The second-order valence-corrected chi connectivity index (χ2v) is 5.40. The van der Waals surface area contributed by atoms with Crippen molar-refractivity contribution < 1.29 is 0 Å². The summed E-state index contributed by atoms with van der Waals surface area (Å²) < 4.78 is 0. The summed E-state index contributed by atoms with van der Waals surface area (Å²) in [5.74, 6) is 6.47. The Morgan fingerprint density at radius 2 is 2.00 bits per heavy atom. The molecule has 0 saturated carbocycles. The third-order valence-corrected chi connectivity index (χ3v) is 3.83. The van der Waals surface area contributed by atoms with Gasteiger partial charge in [0.15, 0.2) is 0 Å². The fourth-order valence-corrected chi connectivity index (χ4v) is 2.52. The highest BCUT2D eigenvalue weighted by atomic mass is 15.2. The maximum Gasteiger partial charge on any atom is 0.0648 e. The minimum absolute atomic E-state index is 0.177. The average molecular weight is 264 g/mol. The Hall–Kier alpha value is -1.00. The molecule has 1 heterocycles. The molecule has 0 aliphatic heterocycles. The molecule has 108 valence electrons. The standard InChI is InChI=1S/C15H28N4/c1-5-7-8-13(6-2)10-15(17-16)14-9-11(3)18-19-12(14)4/h9,13,15,17H,5-8,10,16H2,1-4H3. The van der Waals surface area contributed by atoms with Crippen molar-refractivity contribution >= 4 is 0 Å². The zero-order valence-corrected chi connectivity index (χ0v) is 12.7. The Morgan fingerprint density at radius 1 is 1.26 bits per heavy atom. The van der Waals surface area contributed by atoms with Crippen LogP contribution >= 0.6 is 0 Å². The first-order valence-corrected chi connectivity index (χ1v) is 7.39. The minimum atomic E-state index is 0.177. The van der Waals surface area contributed by atoms with Crippen molar-refractivity contribution in [2.24, 2.45) is 11.8 Å². The normalized spacial score (nSPS) is 14.4. The lowest BCUT2D eigenvalue weighted by atomic mass is 9.89. The highest BCUT2D eigenvalue weighted by molar-refractivity contribution is 5.23. The number of unbranched alkanes of at least 4 members (excludes halogenated alkanes) is 1. The monoisotopic (exact) mass is 264 g/mol. The zero-order valence-electron chi connectivity index (χ0n) is 12.7. The zero-order chi connectivity index (χ0) is 14.3. The molecule has 4 nitrogen and oxygen atoms in total. The Balaban J connectivity index is 2.78. The highest BCUT2D eigenvalue weighted by Crippen LogP contribution is 2.27. The van der Waals surface area contributed by atoms with Gasteiger partial charge < -0.3 is 0 Å². The third kappa shape index (κ3) is 4.88. The van der Waals surface area contributed by atoms with Crippen LogP contribution in [-0.4, -0.2) is 10.2 Å². The van der Waals surface area contributed by atoms with E-state index < -0.39 is 0 Å². The summed E-state index contributed by atoms with van der Waals surface area (Å²) in [6.07, 6.45) is 6.10. The number of hydrazine groups is 1. The van der Waals surface area contributed by atoms with Gasteiger partial charge in [0.25, 0.3) is 0 Å². The second kappa shape index (κ2) is 8.23. The molecule has 1 aromatic rings. The van der Waals surface area contributed by atoms with E-state index in [9.17, 15) is 0 Å². The molecule has 1 aromatic heterocycles. The minimum Gasteiger partial charge on any atom is -0.271 e. The van der Waals surface area contributed by atoms with Crippen molar-refractivity contribution in [1.29, 1.82) is 0 Å². The van der Waals surface area contributed by atoms with Crippen LogP contribution in [0.4, 0.5) is 0 Å². The molecule has 0 aromatic carbocycles. The van der Waals surface area contributed by atoms with Crippen molar-refractivity contribution in [3.8, 4) is 0 Å². The molecule has 2 unspecified atom stereocenters. The van der Waals surface area contributed by atoms with E-state index in [1.54, 1.807) is 0 Å². The molecule has 0 radical (unpaired) electrons. The van der Waals surface area contributed by atoms with Crippen LogP contribution in [0.5, 0.6) is 0 Å². The summed E-state index contributed by atoms with van der Waals surface area (Å²) in [4.78, 5) is 0. The summed E-state index contributed by atoms with van der Waals surface area (Å²) in [7, 11) is 0. The number of hydrogen-bond acceptors (Lipinski definition) is 4. The smallest absolute Gasteiger partial charge is 0.0648 e. The Kier molecular flexibility index (Phi) is 6.95. The fraction of sp³-hybridized carbons (Fsp3) is 0.733. The maximum absolute atomic E-state index is 5.76. The molecule has 2 atom stereocenters. The first kappa shape index (κ1) is 16.1. The van der Waals surface area contributed by atoms with Crippen LogP contribution in [0.1, 0.15) is 68.9 Å². The largest absolute Gasteiger partial charge is 0.271 e. The number of nitrogens with zero attached hydrogens (tertiary/aromatic N) is 2. The Bertz CT molecular complexity index is 378. The molecule has 0 spiro atoms. The van der Waals surface area contributed by atoms with Gasteiger partial charge in [0.2, 0.25) is 0 Å². The number of aryl methyl sites for hydroxylation is 2. The van der Waals surface area contributed by atoms with Gasteiger partial charge in [-0.3, -0.25) is 11.3 Å². The fourth-order valence-electron chi connectivity index (χ4n) is 2.52. The predicted molar refractivity (Wildman–Crippen MR) is 79.5 cm³/mol. The summed E-state index contributed by atoms with van der Waals surface area (Å²) in [5, 5.41) is 8.28. The lowest BCUT2D eigenvalue weighted by molar-refractivity contribution is 0.354. The van der Waals surface area contributed by atoms with E-state index >= 15 is 0 Å². The van der Waals surface area contributed by atoms with Crippen molar-refractivity contribution in [1.82, 2.24) is 15.6 Å². The van der Waals surface area contributed by atoms with Gasteiger partial charge in [-0.15, -0.1) is 0 Å². The van der Waals surface area contributed by atoms with Gasteiger partial charge in [0.1, 0.15) is 0 Å². The van der Waals surface area contributed by atoms with Crippen LogP contribution in [0.25, 0.3) is 0 Å². The van der Waals surface area contributed by atoms with Gasteiger partial charge in [0.05, 0.1) is 11.4 Å². The van der Waals surface area contributed by atoms with E-state index in [0.717, 1.165) is 17.8 Å². The second-order valence-electron chi connectivity index (χ2n) is 5.40.